The summed E-state index contributed by atoms with van der Waals surface area (Å²) in [5, 5.41) is 1.95. The van der Waals surface area contributed by atoms with Gasteiger partial charge in [-0.05, 0) is 36.9 Å². The highest BCUT2D eigenvalue weighted by atomic mass is 16.5. The van der Waals surface area contributed by atoms with Gasteiger partial charge in [0.15, 0.2) is 13.2 Å². The Morgan fingerprint density at radius 3 is 2.14 bits per heavy atom. The third-order valence-electron chi connectivity index (χ3n) is 4.14. The number of carbonyl (C=O) groups excluding carboxylic acids is 2. The quantitative estimate of drug-likeness (QED) is 0.647. The summed E-state index contributed by atoms with van der Waals surface area (Å²) < 4.78 is 11.0. The Hall–Kier alpha value is -3.54. The zero-order chi connectivity index (χ0) is 19.9. The van der Waals surface area contributed by atoms with Crippen molar-refractivity contribution in [3.8, 4) is 11.5 Å². The van der Waals surface area contributed by atoms with Gasteiger partial charge in [0.05, 0.1) is 0 Å². The third kappa shape index (κ3) is 5.01. The fourth-order valence-electron chi connectivity index (χ4n) is 2.78. The van der Waals surface area contributed by atoms with Gasteiger partial charge >= 0.3 is 0 Å². The monoisotopic (exact) mass is 378 g/mol. The van der Waals surface area contributed by atoms with E-state index in [4.69, 9.17) is 9.47 Å². The van der Waals surface area contributed by atoms with E-state index in [1.165, 1.54) is 0 Å². The molecule has 0 fully saturated rings. The number of fused-ring (bicyclic) bond motifs is 1. The zero-order valence-corrected chi connectivity index (χ0v) is 15.8. The van der Waals surface area contributed by atoms with Crippen LogP contribution in [0.1, 0.15) is 11.1 Å². The van der Waals surface area contributed by atoms with Crippen molar-refractivity contribution in [2.45, 2.75) is 13.8 Å². The lowest BCUT2D eigenvalue weighted by atomic mass is 10.1. The fourth-order valence-corrected chi connectivity index (χ4v) is 2.78. The molecule has 6 heteroatoms. The number of benzene rings is 3. The van der Waals surface area contributed by atoms with Crippen LogP contribution in [0.3, 0.4) is 0 Å². The Labute approximate surface area is 163 Å². The Kier molecular flexibility index (Phi) is 6.11. The number of hydrogen-bond acceptors (Lipinski definition) is 4. The van der Waals surface area contributed by atoms with Crippen LogP contribution >= 0.6 is 0 Å². The summed E-state index contributed by atoms with van der Waals surface area (Å²) in [5.74, 6) is 0.315. The van der Waals surface area contributed by atoms with Gasteiger partial charge < -0.3 is 9.47 Å². The van der Waals surface area contributed by atoms with E-state index in [2.05, 4.69) is 10.9 Å². The molecule has 0 unspecified atom stereocenters. The lowest BCUT2D eigenvalue weighted by Crippen LogP contribution is -2.45. The number of ether oxygens (including phenoxy) is 2. The van der Waals surface area contributed by atoms with Gasteiger partial charge in [0.25, 0.3) is 11.8 Å². The molecule has 3 rings (SSSR count). The first kappa shape index (κ1) is 19.2. The van der Waals surface area contributed by atoms with Crippen LogP contribution in [0.15, 0.2) is 60.7 Å². The molecule has 0 heterocycles. The van der Waals surface area contributed by atoms with Crippen molar-refractivity contribution in [3.63, 3.8) is 0 Å². The van der Waals surface area contributed by atoms with Gasteiger partial charge in [0.2, 0.25) is 0 Å². The average Bonchev–Trinajstić information content (AvgIpc) is 2.70. The van der Waals surface area contributed by atoms with Crippen molar-refractivity contribution in [1.82, 2.24) is 10.9 Å². The topological polar surface area (TPSA) is 76.7 Å². The Morgan fingerprint density at radius 2 is 1.43 bits per heavy atom. The largest absolute Gasteiger partial charge is 0.483 e. The van der Waals surface area contributed by atoms with Crippen molar-refractivity contribution in [1.29, 1.82) is 0 Å². The highest BCUT2D eigenvalue weighted by Crippen LogP contribution is 2.24. The molecule has 28 heavy (non-hydrogen) atoms. The van der Waals surface area contributed by atoms with E-state index in [0.717, 1.165) is 21.9 Å². The van der Waals surface area contributed by atoms with Gasteiger partial charge in [-0.1, -0.05) is 54.1 Å². The molecule has 0 aliphatic rings. The maximum absolute atomic E-state index is 11.9. The van der Waals surface area contributed by atoms with E-state index in [0.29, 0.717) is 11.5 Å². The first-order chi connectivity index (χ1) is 13.5. The molecule has 0 aliphatic heterocycles. The van der Waals surface area contributed by atoms with E-state index in [-0.39, 0.29) is 13.2 Å². The highest BCUT2D eigenvalue weighted by molar-refractivity contribution is 5.89. The molecule has 0 radical (unpaired) electrons. The maximum atomic E-state index is 11.9. The second-order valence-electron chi connectivity index (χ2n) is 6.42. The van der Waals surface area contributed by atoms with Gasteiger partial charge in [-0.25, -0.2) is 0 Å². The van der Waals surface area contributed by atoms with Crippen molar-refractivity contribution in [2.24, 2.45) is 0 Å². The van der Waals surface area contributed by atoms with Gasteiger partial charge in [0, 0.05) is 5.39 Å². The Morgan fingerprint density at radius 1 is 0.786 bits per heavy atom. The van der Waals surface area contributed by atoms with Crippen molar-refractivity contribution < 1.29 is 19.1 Å². The van der Waals surface area contributed by atoms with Crippen LogP contribution in [0.2, 0.25) is 0 Å². The van der Waals surface area contributed by atoms with E-state index < -0.39 is 11.8 Å². The van der Waals surface area contributed by atoms with Crippen LogP contribution in [-0.2, 0) is 9.59 Å². The lowest BCUT2D eigenvalue weighted by Gasteiger charge is -2.12. The molecule has 3 aromatic rings. The molecule has 0 spiro atoms. The number of hydrazine groups is 1. The second-order valence-corrected chi connectivity index (χ2v) is 6.42. The molecule has 6 nitrogen and oxygen atoms in total. The molecule has 0 aliphatic carbocycles. The van der Waals surface area contributed by atoms with E-state index in [1.807, 2.05) is 68.4 Å². The van der Waals surface area contributed by atoms with Crippen LogP contribution in [0.25, 0.3) is 10.8 Å². The predicted octanol–water partition coefficient (Wildman–Crippen LogP) is 3.06. The Bertz CT molecular complexity index is 995. The molecule has 0 saturated heterocycles. The van der Waals surface area contributed by atoms with E-state index in [1.54, 1.807) is 6.07 Å². The van der Waals surface area contributed by atoms with Gasteiger partial charge in [-0.2, -0.15) is 0 Å². The van der Waals surface area contributed by atoms with Crippen LogP contribution in [0, 0.1) is 13.8 Å². The lowest BCUT2D eigenvalue weighted by molar-refractivity contribution is -0.130. The van der Waals surface area contributed by atoms with Crippen molar-refractivity contribution >= 4 is 22.6 Å². The molecular weight excluding hydrogens is 356 g/mol. The van der Waals surface area contributed by atoms with Crippen LogP contribution < -0.4 is 20.3 Å². The summed E-state index contributed by atoms with van der Waals surface area (Å²) in [4.78, 5) is 23.8. The van der Waals surface area contributed by atoms with Gasteiger partial charge in [0.1, 0.15) is 11.5 Å². The SMILES string of the molecule is Cc1ccc(OCC(=O)NNC(=O)COc2cccc3ccccc23)c(C)c1. The molecule has 0 atom stereocenters. The zero-order valence-electron chi connectivity index (χ0n) is 15.8. The fraction of sp³-hybridized carbons (Fsp3) is 0.182. The summed E-state index contributed by atoms with van der Waals surface area (Å²) in [6.07, 6.45) is 0. The molecule has 144 valence electrons. The third-order valence-corrected chi connectivity index (χ3v) is 4.14. The molecule has 0 aromatic heterocycles. The molecule has 2 N–H and O–H groups in total. The molecule has 0 bridgehead atoms. The summed E-state index contributed by atoms with van der Waals surface area (Å²) in [7, 11) is 0. The highest BCUT2D eigenvalue weighted by Gasteiger charge is 2.09. The normalized spacial score (nSPS) is 10.4. The van der Waals surface area contributed by atoms with Gasteiger partial charge in [-0.15, -0.1) is 0 Å². The number of carbonyl (C=O) groups is 2. The number of hydrogen-bond donors (Lipinski definition) is 2. The van der Waals surface area contributed by atoms with Crippen molar-refractivity contribution in [2.75, 3.05) is 13.2 Å². The summed E-state index contributed by atoms with van der Waals surface area (Å²) in [6.45, 7) is 3.48. The number of amides is 2. The number of rotatable bonds is 6. The van der Waals surface area contributed by atoms with Crippen molar-refractivity contribution in [3.05, 3.63) is 71.8 Å². The molecule has 0 saturated carbocycles. The standard InChI is InChI=1S/C22H22N2O4/c1-15-10-11-19(16(2)12-15)27-13-21(25)23-24-22(26)14-28-20-9-5-7-17-6-3-4-8-18(17)20/h3-12H,13-14H2,1-2H3,(H,23,25)(H,24,26). The Balaban J connectivity index is 1.44. The van der Waals surface area contributed by atoms with Gasteiger partial charge in [-0.3, -0.25) is 20.4 Å². The minimum absolute atomic E-state index is 0.200. The summed E-state index contributed by atoms with van der Waals surface area (Å²) >= 11 is 0. The molecular formula is C22H22N2O4. The molecule has 3 aromatic carbocycles. The summed E-state index contributed by atoms with van der Waals surface area (Å²) in [6, 6.07) is 19.1. The van der Waals surface area contributed by atoms with Crippen LogP contribution in [0.4, 0.5) is 0 Å². The minimum Gasteiger partial charge on any atom is -0.483 e. The minimum atomic E-state index is -0.465. The number of nitrogens with one attached hydrogen (secondary N) is 2. The molecule has 2 amide bonds. The van der Waals surface area contributed by atoms with Crippen LogP contribution in [0.5, 0.6) is 11.5 Å². The first-order valence-corrected chi connectivity index (χ1v) is 8.91. The smallest absolute Gasteiger partial charge is 0.276 e. The predicted molar refractivity (Wildman–Crippen MR) is 107 cm³/mol. The van der Waals surface area contributed by atoms with E-state index in [9.17, 15) is 9.59 Å². The maximum Gasteiger partial charge on any atom is 0.276 e. The summed E-state index contributed by atoms with van der Waals surface area (Å²) in [5.41, 5.74) is 6.69. The second kappa shape index (κ2) is 8.90. The average molecular weight is 378 g/mol. The first-order valence-electron chi connectivity index (χ1n) is 8.91. The number of aryl methyl sites for hydroxylation is 2. The van der Waals surface area contributed by atoms with E-state index >= 15 is 0 Å². The van der Waals surface area contributed by atoms with Crippen LogP contribution in [-0.4, -0.2) is 25.0 Å².